The highest BCUT2D eigenvalue weighted by Crippen LogP contribution is 2.10. The molecule has 0 aliphatic heterocycles. The van der Waals surface area contributed by atoms with Gasteiger partial charge in [0.05, 0.1) is 12.1 Å². The molecule has 0 aliphatic carbocycles. The summed E-state index contributed by atoms with van der Waals surface area (Å²) < 4.78 is 0. The van der Waals surface area contributed by atoms with Gasteiger partial charge in [0.2, 0.25) is 5.91 Å². The Kier molecular flexibility index (Phi) is 3.04. The Bertz CT molecular complexity index is 271. The maximum absolute atomic E-state index is 11.0. The summed E-state index contributed by atoms with van der Waals surface area (Å²) in [6.07, 6.45) is 0.321. The fourth-order valence-corrected chi connectivity index (χ4v) is 1.39. The number of rotatable bonds is 3. The van der Waals surface area contributed by atoms with Crippen molar-refractivity contribution >= 4 is 22.4 Å². The Hall–Kier alpha value is -1.10. The first kappa shape index (κ1) is 8.99. The molecule has 5 heteroatoms. The van der Waals surface area contributed by atoms with E-state index < -0.39 is 0 Å². The molecule has 1 aromatic heterocycles. The lowest BCUT2D eigenvalue weighted by Crippen LogP contribution is -2.24. The van der Waals surface area contributed by atoms with Crippen LogP contribution in [0.25, 0.3) is 0 Å². The molecule has 0 atom stereocenters. The number of nitrogen functional groups attached to an aromatic ring is 1. The highest BCUT2D eigenvalue weighted by Gasteiger charge is 2.04. The van der Waals surface area contributed by atoms with Gasteiger partial charge in [-0.25, -0.2) is 4.98 Å². The van der Waals surface area contributed by atoms with Crippen LogP contribution in [0.2, 0.25) is 0 Å². The van der Waals surface area contributed by atoms with Crippen molar-refractivity contribution in [3.63, 3.8) is 0 Å². The van der Waals surface area contributed by atoms with Crippen molar-refractivity contribution in [3.8, 4) is 0 Å². The molecule has 0 aromatic carbocycles. The van der Waals surface area contributed by atoms with E-state index in [1.807, 2.05) is 6.92 Å². The molecule has 0 radical (unpaired) electrons. The lowest BCUT2D eigenvalue weighted by molar-refractivity contribution is -0.120. The molecule has 0 aliphatic rings. The maximum atomic E-state index is 11.0. The highest BCUT2D eigenvalue weighted by molar-refractivity contribution is 7.13. The summed E-state index contributed by atoms with van der Waals surface area (Å²) in [4.78, 5) is 15.0. The summed E-state index contributed by atoms with van der Waals surface area (Å²) in [5.74, 6) is -0.0113. The third-order valence-corrected chi connectivity index (χ3v) is 2.01. The van der Waals surface area contributed by atoms with Crippen molar-refractivity contribution in [2.24, 2.45) is 0 Å². The zero-order valence-electron chi connectivity index (χ0n) is 6.83. The van der Waals surface area contributed by atoms with Crippen LogP contribution in [0.15, 0.2) is 5.38 Å². The van der Waals surface area contributed by atoms with Gasteiger partial charge in [0.1, 0.15) is 0 Å². The third kappa shape index (κ3) is 2.50. The van der Waals surface area contributed by atoms with Gasteiger partial charge in [0, 0.05) is 11.9 Å². The molecule has 0 spiro atoms. The normalized spacial score (nSPS) is 9.75. The minimum absolute atomic E-state index is 0.0113. The number of aromatic nitrogens is 1. The van der Waals surface area contributed by atoms with Crippen molar-refractivity contribution in [1.82, 2.24) is 10.3 Å². The zero-order valence-corrected chi connectivity index (χ0v) is 7.65. The number of nitrogens with zero attached hydrogens (tertiary/aromatic N) is 1. The standard InChI is InChI=1S/C7H11N3OS/c1-2-9-6(11)3-5-4-12-7(8)10-5/h4H,2-3H2,1H3,(H2,8,10)(H,9,11). The highest BCUT2D eigenvalue weighted by atomic mass is 32.1. The van der Waals surface area contributed by atoms with Gasteiger partial charge < -0.3 is 11.1 Å². The first-order chi connectivity index (χ1) is 5.72. The molecule has 0 bridgehead atoms. The predicted octanol–water partition coefficient (Wildman–Crippen LogP) is 0.404. The second-order valence-corrected chi connectivity index (χ2v) is 3.20. The number of likely N-dealkylation sites (N-methyl/N-ethyl adjacent to an activating group) is 1. The van der Waals surface area contributed by atoms with Crippen molar-refractivity contribution in [1.29, 1.82) is 0 Å². The molecule has 1 aromatic rings. The Balaban J connectivity index is 2.46. The number of thiazole rings is 1. The van der Waals surface area contributed by atoms with E-state index in [1.54, 1.807) is 5.38 Å². The number of hydrogen-bond acceptors (Lipinski definition) is 4. The SMILES string of the molecule is CCNC(=O)Cc1csc(N)n1. The Labute approximate surface area is 74.8 Å². The van der Waals surface area contributed by atoms with Gasteiger partial charge in [-0.15, -0.1) is 11.3 Å². The lowest BCUT2D eigenvalue weighted by Gasteiger charge is -1.97. The van der Waals surface area contributed by atoms with Crippen LogP contribution in [0.4, 0.5) is 5.13 Å². The van der Waals surface area contributed by atoms with E-state index in [2.05, 4.69) is 10.3 Å². The van der Waals surface area contributed by atoms with Crippen molar-refractivity contribution in [2.75, 3.05) is 12.3 Å². The third-order valence-electron chi connectivity index (χ3n) is 1.29. The van der Waals surface area contributed by atoms with Gasteiger partial charge in [-0.1, -0.05) is 0 Å². The summed E-state index contributed by atoms with van der Waals surface area (Å²) >= 11 is 1.35. The number of nitrogens with two attached hydrogens (primary N) is 1. The molecule has 1 rings (SSSR count). The molecule has 1 amide bonds. The van der Waals surface area contributed by atoms with Crippen LogP contribution in [-0.2, 0) is 11.2 Å². The number of carbonyl (C=O) groups is 1. The average molecular weight is 185 g/mol. The van der Waals surface area contributed by atoms with Gasteiger partial charge in [0.25, 0.3) is 0 Å². The topological polar surface area (TPSA) is 68.0 Å². The molecule has 3 N–H and O–H groups in total. The summed E-state index contributed by atoms with van der Waals surface area (Å²) in [5, 5.41) is 4.99. The van der Waals surface area contributed by atoms with E-state index >= 15 is 0 Å². The quantitative estimate of drug-likeness (QED) is 0.716. The first-order valence-corrected chi connectivity index (χ1v) is 4.57. The molecule has 4 nitrogen and oxygen atoms in total. The van der Waals surface area contributed by atoms with E-state index in [-0.39, 0.29) is 5.91 Å². The summed E-state index contributed by atoms with van der Waals surface area (Å²) in [6, 6.07) is 0. The summed E-state index contributed by atoms with van der Waals surface area (Å²) in [5.41, 5.74) is 6.14. The van der Waals surface area contributed by atoms with E-state index in [4.69, 9.17) is 5.73 Å². The van der Waals surface area contributed by atoms with E-state index in [0.717, 1.165) is 5.69 Å². The number of anilines is 1. The second kappa shape index (κ2) is 4.06. The van der Waals surface area contributed by atoms with Crippen LogP contribution in [0.1, 0.15) is 12.6 Å². The number of hydrogen-bond donors (Lipinski definition) is 2. The Morgan fingerprint density at radius 3 is 3.08 bits per heavy atom. The van der Waals surface area contributed by atoms with Gasteiger partial charge in [-0.3, -0.25) is 4.79 Å². The van der Waals surface area contributed by atoms with Gasteiger partial charge >= 0.3 is 0 Å². The number of nitrogens with one attached hydrogen (secondary N) is 1. The van der Waals surface area contributed by atoms with Crippen LogP contribution >= 0.6 is 11.3 Å². The molecule has 0 saturated carbocycles. The van der Waals surface area contributed by atoms with Crippen LogP contribution in [0, 0.1) is 0 Å². The number of amides is 1. The van der Waals surface area contributed by atoms with Crippen molar-refractivity contribution in [3.05, 3.63) is 11.1 Å². The molecule has 12 heavy (non-hydrogen) atoms. The molecular weight excluding hydrogens is 174 g/mol. The van der Waals surface area contributed by atoms with Crippen LogP contribution in [0.3, 0.4) is 0 Å². The first-order valence-electron chi connectivity index (χ1n) is 3.69. The molecule has 66 valence electrons. The van der Waals surface area contributed by atoms with Crippen molar-refractivity contribution in [2.45, 2.75) is 13.3 Å². The van der Waals surface area contributed by atoms with Crippen LogP contribution in [-0.4, -0.2) is 17.4 Å². The minimum atomic E-state index is -0.0113. The van der Waals surface area contributed by atoms with E-state index in [1.165, 1.54) is 11.3 Å². The summed E-state index contributed by atoms with van der Waals surface area (Å²) in [7, 11) is 0. The molecule has 0 unspecified atom stereocenters. The zero-order chi connectivity index (χ0) is 8.97. The summed E-state index contributed by atoms with van der Waals surface area (Å²) in [6.45, 7) is 2.53. The predicted molar refractivity (Wildman–Crippen MR) is 48.9 cm³/mol. The number of carbonyl (C=O) groups excluding carboxylic acids is 1. The largest absolute Gasteiger partial charge is 0.375 e. The van der Waals surface area contributed by atoms with Gasteiger partial charge in [-0.2, -0.15) is 0 Å². The fraction of sp³-hybridized carbons (Fsp3) is 0.429. The van der Waals surface area contributed by atoms with Gasteiger partial charge in [0.15, 0.2) is 5.13 Å². The maximum Gasteiger partial charge on any atom is 0.226 e. The molecule has 0 fully saturated rings. The monoisotopic (exact) mass is 185 g/mol. The van der Waals surface area contributed by atoms with Crippen LogP contribution in [0.5, 0.6) is 0 Å². The average Bonchev–Trinajstić information content (AvgIpc) is 2.36. The lowest BCUT2D eigenvalue weighted by atomic mass is 10.3. The molecular formula is C7H11N3OS. The van der Waals surface area contributed by atoms with Gasteiger partial charge in [-0.05, 0) is 6.92 Å². The Morgan fingerprint density at radius 2 is 2.58 bits per heavy atom. The fourth-order valence-electron chi connectivity index (χ4n) is 0.828. The smallest absolute Gasteiger partial charge is 0.226 e. The molecule has 0 saturated heterocycles. The van der Waals surface area contributed by atoms with Crippen molar-refractivity contribution < 1.29 is 4.79 Å². The Morgan fingerprint density at radius 1 is 1.83 bits per heavy atom. The van der Waals surface area contributed by atoms with E-state index in [0.29, 0.717) is 18.1 Å². The van der Waals surface area contributed by atoms with Crippen LogP contribution < -0.4 is 11.1 Å². The van der Waals surface area contributed by atoms with E-state index in [9.17, 15) is 4.79 Å². The molecule has 1 heterocycles. The second-order valence-electron chi connectivity index (χ2n) is 2.31. The minimum Gasteiger partial charge on any atom is -0.375 e.